The maximum absolute atomic E-state index is 6.08. The van der Waals surface area contributed by atoms with Crippen LogP contribution in [0.3, 0.4) is 0 Å². The van der Waals surface area contributed by atoms with E-state index in [2.05, 4.69) is 24.2 Å². The van der Waals surface area contributed by atoms with E-state index in [-0.39, 0.29) is 24.0 Å². The minimum Gasteiger partial charge on any atom is -0.493 e. The molecule has 7 heteroatoms. The maximum atomic E-state index is 6.08. The Morgan fingerprint density at radius 2 is 1.90 bits per heavy atom. The number of ether oxygens (including phenoxy) is 3. The van der Waals surface area contributed by atoms with E-state index in [1.807, 2.05) is 42.5 Å². The highest BCUT2D eigenvalue weighted by Gasteiger charge is 2.11. The minimum absolute atomic E-state index is 0. The molecule has 0 saturated carbocycles. The van der Waals surface area contributed by atoms with Gasteiger partial charge in [-0.25, -0.2) is 4.99 Å². The van der Waals surface area contributed by atoms with Crippen molar-refractivity contribution in [3.05, 3.63) is 48.0 Å². The molecule has 1 aliphatic heterocycles. The molecule has 158 valence electrons. The second kappa shape index (κ2) is 11.7. The summed E-state index contributed by atoms with van der Waals surface area (Å²) >= 11 is 0. The Bertz CT molecular complexity index is 812. The smallest absolute Gasteiger partial charge is 0.193 e. The molecule has 0 aliphatic carbocycles. The predicted molar refractivity (Wildman–Crippen MR) is 128 cm³/mol. The maximum Gasteiger partial charge on any atom is 0.193 e. The molecule has 3 N–H and O–H groups in total. The van der Waals surface area contributed by atoms with E-state index >= 15 is 0 Å². The van der Waals surface area contributed by atoms with Crippen LogP contribution in [0.2, 0.25) is 0 Å². The summed E-state index contributed by atoms with van der Waals surface area (Å²) in [5.74, 6) is 3.28. The number of fused-ring (bicyclic) bond motifs is 1. The summed E-state index contributed by atoms with van der Waals surface area (Å²) in [5.41, 5.74) is 7.90. The first-order valence-electron chi connectivity index (χ1n) is 9.79. The monoisotopic (exact) mass is 511 g/mol. The number of benzene rings is 2. The number of nitrogens with one attached hydrogen (secondary N) is 1. The Balaban J connectivity index is 0.00000300. The highest BCUT2D eigenvalue weighted by atomic mass is 127. The van der Waals surface area contributed by atoms with Gasteiger partial charge in [-0.05, 0) is 30.5 Å². The Labute approximate surface area is 189 Å². The molecule has 0 unspecified atom stereocenters. The number of nitrogens with zero attached hydrogens (tertiary/aromatic N) is 1. The van der Waals surface area contributed by atoms with Gasteiger partial charge in [0.05, 0.1) is 26.4 Å². The number of anilines is 1. The minimum atomic E-state index is 0. The van der Waals surface area contributed by atoms with E-state index in [0.29, 0.717) is 38.2 Å². The van der Waals surface area contributed by atoms with E-state index in [1.54, 1.807) is 0 Å². The first-order valence-corrected chi connectivity index (χ1v) is 9.79. The predicted octanol–water partition coefficient (Wildman–Crippen LogP) is 4.82. The summed E-state index contributed by atoms with van der Waals surface area (Å²) in [5, 5.41) is 3.11. The van der Waals surface area contributed by atoms with Crippen molar-refractivity contribution in [2.45, 2.75) is 33.2 Å². The van der Waals surface area contributed by atoms with Crippen LogP contribution >= 0.6 is 24.0 Å². The molecule has 0 fully saturated rings. The van der Waals surface area contributed by atoms with Crippen LogP contribution in [-0.2, 0) is 6.54 Å². The van der Waals surface area contributed by atoms with Crippen molar-refractivity contribution in [1.29, 1.82) is 0 Å². The molecule has 29 heavy (non-hydrogen) atoms. The molecule has 0 atom stereocenters. The van der Waals surface area contributed by atoms with Gasteiger partial charge in [-0.3, -0.25) is 0 Å². The summed E-state index contributed by atoms with van der Waals surface area (Å²) in [6, 6.07) is 13.6. The van der Waals surface area contributed by atoms with E-state index in [1.165, 1.54) is 0 Å². The van der Waals surface area contributed by atoms with Gasteiger partial charge in [0.1, 0.15) is 5.75 Å². The van der Waals surface area contributed by atoms with Crippen molar-refractivity contribution in [3.63, 3.8) is 0 Å². The van der Waals surface area contributed by atoms with Crippen LogP contribution in [0.4, 0.5) is 5.69 Å². The number of halogens is 1. The molecule has 0 saturated heterocycles. The number of nitrogens with two attached hydrogens (primary N) is 1. The average Bonchev–Trinajstić information content (AvgIpc) is 2.92. The van der Waals surface area contributed by atoms with Crippen molar-refractivity contribution in [2.24, 2.45) is 16.6 Å². The van der Waals surface area contributed by atoms with E-state index in [0.717, 1.165) is 41.3 Å². The number of aliphatic imine (C=N–C) groups is 1. The third-order valence-electron chi connectivity index (χ3n) is 4.37. The average molecular weight is 511 g/mol. The SMILES string of the molecule is CC(C)CCOc1ccccc1CN=C(N)Nc1ccc2c(c1)OCCCO2.I. The largest absolute Gasteiger partial charge is 0.493 e. The number of rotatable bonds is 7. The zero-order valence-electron chi connectivity index (χ0n) is 17.0. The molecule has 1 aliphatic rings. The number of guanidine groups is 1. The first-order chi connectivity index (χ1) is 13.6. The lowest BCUT2D eigenvalue weighted by molar-refractivity contribution is 0.287. The number of hydrogen-bond acceptors (Lipinski definition) is 4. The summed E-state index contributed by atoms with van der Waals surface area (Å²) in [4.78, 5) is 4.46. The van der Waals surface area contributed by atoms with Gasteiger partial charge >= 0.3 is 0 Å². The van der Waals surface area contributed by atoms with Gasteiger partial charge < -0.3 is 25.3 Å². The second-order valence-corrected chi connectivity index (χ2v) is 7.18. The summed E-state index contributed by atoms with van der Waals surface area (Å²) < 4.78 is 17.3. The molecular formula is C22H30IN3O3. The Hall–Kier alpha value is -2.16. The zero-order valence-corrected chi connectivity index (χ0v) is 19.3. The quantitative estimate of drug-likeness (QED) is 0.317. The van der Waals surface area contributed by atoms with E-state index in [9.17, 15) is 0 Å². The molecular weight excluding hydrogens is 481 g/mol. The van der Waals surface area contributed by atoms with Crippen LogP contribution in [0.1, 0.15) is 32.3 Å². The lowest BCUT2D eigenvalue weighted by Gasteiger charge is -2.12. The van der Waals surface area contributed by atoms with Gasteiger partial charge in [-0.1, -0.05) is 32.0 Å². The highest BCUT2D eigenvalue weighted by molar-refractivity contribution is 14.0. The second-order valence-electron chi connectivity index (χ2n) is 7.18. The lowest BCUT2D eigenvalue weighted by atomic mass is 10.1. The molecule has 3 rings (SSSR count). The first kappa shape index (κ1) is 23.1. The van der Waals surface area contributed by atoms with Crippen molar-refractivity contribution in [1.82, 2.24) is 0 Å². The molecule has 0 aromatic heterocycles. The van der Waals surface area contributed by atoms with Crippen LogP contribution in [0.15, 0.2) is 47.5 Å². The van der Waals surface area contributed by atoms with E-state index in [4.69, 9.17) is 19.9 Å². The van der Waals surface area contributed by atoms with Gasteiger partial charge in [0.15, 0.2) is 17.5 Å². The molecule has 2 aromatic carbocycles. The van der Waals surface area contributed by atoms with Gasteiger partial charge in [0.25, 0.3) is 0 Å². The molecule has 0 bridgehead atoms. The van der Waals surface area contributed by atoms with Gasteiger partial charge in [0, 0.05) is 23.7 Å². The van der Waals surface area contributed by atoms with Gasteiger partial charge in [-0.2, -0.15) is 0 Å². The van der Waals surface area contributed by atoms with Crippen molar-refractivity contribution < 1.29 is 14.2 Å². The van der Waals surface area contributed by atoms with Crippen molar-refractivity contribution >= 4 is 35.6 Å². The fourth-order valence-corrected chi connectivity index (χ4v) is 2.78. The standard InChI is InChI=1S/C22H29N3O3.HI/c1-16(2)10-13-28-19-7-4-3-6-17(19)15-24-22(23)25-18-8-9-20-21(14-18)27-12-5-11-26-20;/h3-4,6-9,14,16H,5,10-13,15H2,1-2H3,(H3,23,24,25);1H. The fraction of sp³-hybridized carbons (Fsp3) is 0.409. The third-order valence-corrected chi connectivity index (χ3v) is 4.37. The van der Waals surface area contributed by atoms with Crippen LogP contribution < -0.4 is 25.3 Å². The molecule has 6 nitrogen and oxygen atoms in total. The lowest BCUT2D eigenvalue weighted by Crippen LogP contribution is -2.22. The number of para-hydroxylation sites is 1. The molecule has 2 aromatic rings. The van der Waals surface area contributed by atoms with E-state index < -0.39 is 0 Å². The Morgan fingerprint density at radius 1 is 1.14 bits per heavy atom. The summed E-state index contributed by atoms with van der Waals surface area (Å²) in [7, 11) is 0. The van der Waals surface area contributed by atoms with Crippen LogP contribution in [0.5, 0.6) is 17.2 Å². The molecule has 0 radical (unpaired) electrons. The summed E-state index contributed by atoms with van der Waals surface area (Å²) in [6.45, 7) is 6.83. The molecule has 1 heterocycles. The molecule has 0 amide bonds. The fourth-order valence-electron chi connectivity index (χ4n) is 2.78. The van der Waals surface area contributed by atoms with Crippen molar-refractivity contribution in [2.75, 3.05) is 25.1 Å². The van der Waals surface area contributed by atoms with Crippen LogP contribution in [0, 0.1) is 5.92 Å². The van der Waals surface area contributed by atoms with Gasteiger partial charge in [-0.15, -0.1) is 24.0 Å². The normalized spacial score (nSPS) is 13.4. The summed E-state index contributed by atoms with van der Waals surface area (Å²) in [6.07, 6.45) is 1.89. The van der Waals surface area contributed by atoms with Crippen molar-refractivity contribution in [3.8, 4) is 17.2 Å². The van der Waals surface area contributed by atoms with Crippen LogP contribution in [0.25, 0.3) is 0 Å². The topological polar surface area (TPSA) is 78.1 Å². The highest BCUT2D eigenvalue weighted by Crippen LogP contribution is 2.32. The zero-order chi connectivity index (χ0) is 19.8. The Kier molecular flexibility index (Phi) is 9.37. The van der Waals surface area contributed by atoms with Crippen LogP contribution in [-0.4, -0.2) is 25.8 Å². The van der Waals surface area contributed by atoms with Gasteiger partial charge in [0.2, 0.25) is 0 Å². The molecule has 0 spiro atoms. The third kappa shape index (κ3) is 7.30. The number of hydrogen-bond donors (Lipinski definition) is 2. The Morgan fingerprint density at radius 3 is 2.69 bits per heavy atom.